The molecule has 2 aliphatic heterocycles. The largest absolute Gasteiger partial charge is 0.315 e. The van der Waals surface area contributed by atoms with E-state index in [9.17, 15) is 17.2 Å². The van der Waals surface area contributed by atoms with Crippen LogP contribution in [0, 0.1) is 23.0 Å². The molecule has 3 nitrogen and oxygen atoms in total. The van der Waals surface area contributed by atoms with E-state index in [2.05, 4.69) is 5.32 Å². The van der Waals surface area contributed by atoms with E-state index in [4.69, 9.17) is 0 Å². The van der Waals surface area contributed by atoms with Gasteiger partial charge in [0.25, 0.3) is 0 Å². The monoisotopic (exact) mass is 301 g/mol. The third kappa shape index (κ3) is 2.46. The molecule has 6 heteroatoms. The van der Waals surface area contributed by atoms with Gasteiger partial charge in [-0.2, -0.15) is 0 Å². The van der Waals surface area contributed by atoms with E-state index in [1.807, 2.05) is 0 Å². The summed E-state index contributed by atoms with van der Waals surface area (Å²) in [5.74, 6) is -0.450. The van der Waals surface area contributed by atoms with Gasteiger partial charge in [0.2, 0.25) is 0 Å². The van der Waals surface area contributed by atoms with Crippen molar-refractivity contribution in [1.29, 1.82) is 0 Å². The van der Waals surface area contributed by atoms with Crippen LogP contribution in [0.25, 0.3) is 0 Å². The summed E-state index contributed by atoms with van der Waals surface area (Å²) in [6.45, 7) is 1.34. The minimum atomic E-state index is -2.96. The van der Waals surface area contributed by atoms with Crippen LogP contribution in [0.5, 0.6) is 0 Å². The maximum atomic E-state index is 13.8. The first-order chi connectivity index (χ1) is 9.40. The van der Waals surface area contributed by atoms with Crippen molar-refractivity contribution in [2.45, 2.75) is 12.8 Å². The number of rotatable bonds is 3. The van der Waals surface area contributed by atoms with Crippen LogP contribution in [0.3, 0.4) is 0 Å². The van der Waals surface area contributed by atoms with Crippen LogP contribution in [0.15, 0.2) is 18.2 Å². The summed E-state index contributed by atoms with van der Waals surface area (Å²) in [5, 5.41) is 3.15. The van der Waals surface area contributed by atoms with Gasteiger partial charge in [0.15, 0.2) is 9.84 Å². The summed E-state index contributed by atoms with van der Waals surface area (Å²) in [5.41, 5.74) is 0.0915. The molecule has 2 saturated heterocycles. The molecular formula is C14H17F2NO2S. The van der Waals surface area contributed by atoms with Crippen molar-refractivity contribution in [2.75, 3.05) is 24.6 Å². The summed E-state index contributed by atoms with van der Waals surface area (Å²) in [7, 11) is -2.96. The van der Waals surface area contributed by atoms with Gasteiger partial charge in [-0.1, -0.05) is 0 Å². The molecule has 0 bridgehead atoms. The zero-order valence-electron chi connectivity index (χ0n) is 11.0. The molecule has 2 fully saturated rings. The van der Waals surface area contributed by atoms with Gasteiger partial charge in [-0.05, 0) is 42.5 Å². The van der Waals surface area contributed by atoms with Gasteiger partial charge in [0.1, 0.15) is 11.6 Å². The maximum absolute atomic E-state index is 13.8. The fraction of sp³-hybridized carbons (Fsp3) is 0.571. The topological polar surface area (TPSA) is 46.2 Å². The van der Waals surface area contributed by atoms with E-state index in [-0.39, 0.29) is 22.8 Å². The molecule has 20 heavy (non-hydrogen) atoms. The number of nitrogens with one attached hydrogen (secondary N) is 1. The molecule has 1 N–H and O–H groups in total. The highest BCUT2D eigenvalue weighted by atomic mass is 32.2. The molecule has 0 spiro atoms. The Kier molecular flexibility index (Phi) is 3.33. The molecule has 1 aromatic rings. The number of sulfone groups is 1. The Morgan fingerprint density at radius 2 is 2.05 bits per heavy atom. The normalized spacial score (nSPS) is 27.2. The number of hydrogen-bond acceptors (Lipinski definition) is 3. The van der Waals surface area contributed by atoms with E-state index < -0.39 is 21.5 Å². The van der Waals surface area contributed by atoms with Crippen molar-refractivity contribution in [1.82, 2.24) is 5.32 Å². The van der Waals surface area contributed by atoms with Gasteiger partial charge >= 0.3 is 0 Å². The van der Waals surface area contributed by atoms with Crippen LogP contribution >= 0.6 is 0 Å². The first-order valence-electron chi connectivity index (χ1n) is 6.75. The van der Waals surface area contributed by atoms with Crippen LogP contribution in [-0.4, -0.2) is 33.0 Å². The average molecular weight is 301 g/mol. The molecule has 0 radical (unpaired) electrons. The number of hydrogen-bond donors (Lipinski definition) is 1. The van der Waals surface area contributed by atoms with E-state index >= 15 is 0 Å². The van der Waals surface area contributed by atoms with Gasteiger partial charge in [0.05, 0.1) is 11.5 Å². The van der Waals surface area contributed by atoms with Crippen molar-refractivity contribution in [2.24, 2.45) is 11.3 Å². The number of halogens is 2. The van der Waals surface area contributed by atoms with E-state index in [0.29, 0.717) is 31.5 Å². The molecule has 0 saturated carbocycles. The highest BCUT2D eigenvalue weighted by Gasteiger charge is 2.48. The van der Waals surface area contributed by atoms with Crippen LogP contribution in [0.2, 0.25) is 0 Å². The standard InChI is InChI=1S/C14H17F2NO2S/c15-12-1-2-13(16)10(5-12)6-14(8-17-9-14)11-3-4-20(18,19)7-11/h1-2,5,11,17H,3-4,6-9H2. The summed E-state index contributed by atoms with van der Waals surface area (Å²) < 4.78 is 50.4. The SMILES string of the molecule is O=S1(=O)CCC(C2(Cc3cc(F)ccc3F)CNC2)C1. The molecular weight excluding hydrogens is 284 g/mol. The summed E-state index contributed by atoms with van der Waals surface area (Å²) in [6.07, 6.45) is 1.02. The first-order valence-corrected chi connectivity index (χ1v) is 8.57. The van der Waals surface area contributed by atoms with Gasteiger partial charge < -0.3 is 5.32 Å². The molecule has 110 valence electrons. The Hall–Kier alpha value is -1.01. The lowest BCUT2D eigenvalue weighted by Crippen LogP contribution is -2.59. The van der Waals surface area contributed by atoms with Crippen LogP contribution in [0.1, 0.15) is 12.0 Å². The van der Waals surface area contributed by atoms with E-state index in [1.165, 1.54) is 6.07 Å². The van der Waals surface area contributed by atoms with Crippen molar-refractivity contribution in [3.05, 3.63) is 35.4 Å². The van der Waals surface area contributed by atoms with Gasteiger partial charge in [-0.25, -0.2) is 17.2 Å². The minimum Gasteiger partial charge on any atom is -0.315 e. The summed E-state index contributed by atoms with van der Waals surface area (Å²) in [6, 6.07) is 3.46. The Balaban J connectivity index is 1.85. The second kappa shape index (κ2) is 4.77. The Labute approximate surface area is 117 Å². The van der Waals surface area contributed by atoms with Gasteiger partial charge in [-0.3, -0.25) is 0 Å². The van der Waals surface area contributed by atoms with Crippen molar-refractivity contribution in [3.63, 3.8) is 0 Å². The Morgan fingerprint density at radius 1 is 1.30 bits per heavy atom. The number of benzene rings is 1. The van der Waals surface area contributed by atoms with Gasteiger partial charge in [0, 0.05) is 18.5 Å². The zero-order valence-corrected chi connectivity index (χ0v) is 11.8. The smallest absolute Gasteiger partial charge is 0.150 e. The second-order valence-electron chi connectivity index (χ2n) is 5.98. The quantitative estimate of drug-likeness (QED) is 0.921. The van der Waals surface area contributed by atoms with E-state index in [0.717, 1.165) is 12.1 Å². The third-order valence-corrected chi connectivity index (χ3v) is 6.37. The predicted molar refractivity (Wildman–Crippen MR) is 72.1 cm³/mol. The van der Waals surface area contributed by atoms with Crippen molar-refractivity contribution in [3.8, 4) is 0 Å². The fourth-order valence-corrected chi connectivity index (χ4v) is 5.28. The molecule has 1 unspecified atom stereocenters. The average Bonchev–Trinajstić information content (AvgIpc) is 2.69. The van der Waals surface area contributed by atoms with Crippen molar-refractivity contribution < 1.29 is 17.2 Å². The Morgan fingerprint density at radius 3 is 2.60 bits per heavy atom. The highest BCUT2D eigenvalue weighted by molar-refractivity contribution is 7.91. The molecule has 2 aliphatic rings. The third-order valence-electron chi connectivity index (χ3n) is 4.60. The first kappa shape index (κ1) is 13.9. The minimum absolute atomic E-state index is 0.0383. The summed E-state index contributed by atoms with van der Waals surface area (Å²) in [4.78, 5) is 0. The fourth-order valence-electron chi connectivity index (χ4n) is 3.34. The van der Waals surface area contributed by atoms with Crippen LogP contribution in [-0.2, 0) is 16.3 Å². The summed E-state index contributed by atoms with van der Waals surface area (Å²) >= 11 is 0. The predicted octanol–water partition coefficient (Wildman–Crippen LogP) is 1.53. The zero-order chi connectivity index (χ0) is 14.4. The lowest BCUT2D eigenvalue weighted by molar-refractivity contribution is 0.0912. The molecule has 0 amide bonds. The maximum Gasteiger partial charge on any atom is 0.150 e. The molecule has 0 aliphatic carbocycles. The van der Waals surface area contributed by atoms with Crippen LogP contribution in [0.4, 0.5) is 8.78 Å². The lowest BCUT2D eigenvalue weighted by Gasteiger charge is -2.47. The van der Waals surface area contributed by atoms with E-state index in [1.54, 1.807) is 0 Å². The second-order valence-corrected chi connectivity index (χ2v) is 8.21. The van der Waals surface area contributed by atoms with Crippen LogP contribution < -0.4 is 5.32 Å². The molecule has 3 rings (SSSR count). The molecule has 0 aromatic heterocycles. The van der Waals surface area contributed by atoms with Gasteiger partial charge in [-0.15, -0.1) is 0 Å². The lowest BCUT2D eigenvalue weighted by atomic mass is 9.66. The molecule has 1 aromatic carbocycles. The molecule has 2 heterocycles. The highest BCUT2D eigenvalue weighted by Crippen LogP contribution is 2.42. The van der Waals surface area contributed by atoms with Crippen molar-refractivity contribution >= 4 is 9.84 Å². The Bertz CT molecular complexity index is 626. The molecule has 1 atom stereocenters.